The molecule has 94 valence electrons. The molecule has 1 rings (SSSR count). The molecule has 0 bridgehead atoms. The van der Waals surface area contributed by atoms with Crippen LogP contribution in [0.2, 0.25) is 0 Å². The van der Waals surface area contributed by atoms with Gasteiger partial charge in [-0.1, -0.05) is 0 Å². The number of nitrogens with one attached hydrogen (secondary N) is 1. The Morgan fingerprint density at radius 2 is 2.06 bits per heavy atom. The van der Waals surface area contributed by atoms with E-state index in [2.05, 4.69) is 10.1 Å². The lowest BCUT2D eigenvalue weighted by atomic mass is 10.1. The summed E-state index contributed by atoms with van der Waals surface area (Å²) in [6.07, 6.45) is 0.319. The van der Waals surface area contributed by atoms with Gasteiger partial charge in [0.15, 0.2) is 11.6 Å². The monoisotopic (exact) mass is 243 g/mol. The van der Waals surface area contributed by atoms with Crippen molar-refractivity contribution < 1.29 is 18.3 Å². The molecule has 0 fully saturated rings. The number of methoxy groups -OCH3 is 1. The Labute approximate surface area is 98.8 Å². The number of halogens is 2. The molecule has 0 saturated carbocycles. The van der Waals surface area contributed by atoms with Crippen LogP contribution in [0.15, 0.2) is 12.1 Å². The van der Waals surface area contributed by atoms with E-state index in [0.29, 0.717) is 13.0 Å². The highest BCUT2D eigenvalue weighted by Gasteiger charge is 2.09. The van der Waals surface area contributed by atoms with Gasteiger partial charge in [0.1, 0.15) is 11.6 Å². The molecule has 0 aliphatic carbocycles. The van der Waals surface area contributed by atoms with E-state index in [4.69, 9.17) is 0 Å². The second-order valence-corrected chi connectivity index (χ2v) is 3.71. The summed E-state index contributed by atoms with van der Waals surface area (Å²) in [4.78, 5) is 10.6. The van der Waals surface area contributed by atoms with Crippen LogP contribution in [0.5, 0.6) is 5.75 Å². The molecule has 5 heteroatoms. The van der Waals surface area contributed by atoms with Crippen LogP contribution in [-0.2, 0) is 11.2 Å². The summed E-state index contributed by atoms with van der Waals surface area (Å²) in [7, 11) is 1.28. The molecule has 0 spiro atoms. The van der Waals surface area contributed by atoms with Crippen LogP contribution in [0, 0.1) is 11.6 Å². The zero-order valence-corrected chi connectivity index (χ0v) is 9.85. The third-order valence-electron chi connectivity index (χ3n) is 2.27. The quantitative estimate of drug-likeness (QED) is 0.773. The van der Waals surface area contributed by atoms with E-state index in [1.807, 2.05) is 0 Å². The Kier molecular flexibility index (Phi) is 5.03. The minimum Gasteiger partial charge on any atom is -0.494 e. The van der Waals surface area contributed by atoms with Gasteiger partial charge in [-0.25, -0.2) is 8.78 Å². The molecule has 3 nitrogen and oxygen atoms in total. The van der Waals surface area contributed by atoms with Crippen molar-refractivity contribution in [2.75, 3.05) is 20.2 Å². The third-order valence-corrected chi connectivity index (χ3v) is 2.27. The van der Waals surface area contributed by atoms with Gasteiger partial charge in [-0.15, -0.1) is 0 Å². The number of carbonyl (C=O) groups excluding carboxylic acids is 1. The van der Waals surface area contributed by atoms with Gasteiger partial charge < -0.3 is 10.1 Å². The molecule has 0 aromatic heterocycles. The summed E-state index contributed by atoms with van der Waals surface area (Å²) in [5.41, 5.74) is 0.263. The number of hydrogen-bond donors (Lipinski definition) is 1. The Morgan fingerprint density at radius 1 is 1.35 bits per heavy atom. The number of hydrogen-bond acceptors (Lipinski definition) is 3. The molecule has 0 aliphatic rings. The molecule has 1 aromatic carbocycles. The number of Topliss-reactive ketones (excluding diaryl/α,β-unsaturated/α-hetero) is 1. The second-order valence-electron chi connectivity index (χ2n) is 3.71. The highest BCUT2D eigenvalue weighted by Crippen LogP contribution is 2.21. The first-order valence-electron chi connectivity index (χ1n) is 5.26. The van der Waals surface area contributed by atoms with Crippen molar-refractivity contribution in [2.45, 2.75) is 13.3 Å². The SMILES string of the molecule is COc1cc(F)c(CCNCC(C)=O)cc1F. The molecule has 0 unspecified atom stereocenters. The number of ether oxygens (including phenoxy) is 1. The molecule has 0 saturated heterocycles. The average molecular weight is 243 g/mol. The van der Waals surface area contributed by atoms with Gasteiger partial charge in [0.25, 0.3) is 0 Å². The Balaban J connectivity index is 2.59. The van der Waals surface area contributed by atoms with Gasteiger partial charge in [0.2, 0.25) is 0 Å². The van der Waals surface area contributed by atoms with Crippen molar-refractivity contribution in [1.82, 2.24) is 5.32 Å². The third kappa shape index (κ3) is 4.11. The number of carbonyl (C=O) groups is 1. The zero-order valence-electron chi connectivity index (χ0n) is 9.85. The van der Waals surface area contributed by atoms with Crippen molar-refractivity contribution in [3.05, 3.63) is 29.3 Å². The maximum absolute atomic E-state index is 13.5. The first-order chi connectivity index (χ1) is 8.04. The molecule has 17 heavy (non-hydrogen) atoms. The summed E-state index contributed by atoms with van der Waals surface area (Å²) < 4.78 is 31.4. The van der Waals surface area contributed by atoms with E-state index in [1.54, 1.807) is 0 Å². The fourth-order valence-corrected chi connectivity index (χ4v) is 1.41. The lowest BCUT2D eigenvalue weighted by molar-refractivity contribution is -0.116. The fraction of sp³-hybridized carbons (Fsp3) is 0.417. The second kappa shape index (κ2) is 6.30. The summed E-state index contributed by atoms with van der Waals surface area (Å²) in [5.74, 6) is -1.20. The van der Waals surface area contributed by atoms with E-state index in [9.17, 15) is 13.6 Å². The molecule has 1 aromatic rings. The van der Waals surface area contributed by atoms with Crippen LogP contribution >= 0.6 is 0 Å². The van der Waals surface area contributed by atoms with Crippen molar-refractivity contribution in [1.29, 1.82) is 0 Å². The Morgan fingerprint density at radius 3 is 2.65 bits per heavy atom. The Bertz CT molecular complexity index is 408. The van der Waals surface area contributed by atoms with E-state index in [1.165, 1.54) is 14.0 Å². The maximum atomic E-state index is 13.5. The number of rotatable bonds is 6. The number of ketones is 1. The van der Waals surface area contributed by atoms with Crippen LogP contribution in [0.25, 0.3) is 0 Å². The molecule has 0 radical (unpaired) electrons. The standard InChI is InChI=1S/C12H15F2NO2/c1-8(16)7-15-4-3-9-5-11(14)12(17-2)6-10(9)13/h5-6,15H,3-4,7H2,1-2H3. The van der Waals surface area contributed by atoms with Gasteiger partial charge in [0.05, 0.1) is 13.7 Å². The highest BCUT2D eigenvalue weighted by molar-refractivity contribution is 5.77. The van der Waals surface area contributed by atoms with Crippen LogP contribution in [0.1, 0.15) is 12.5 Å². The van der Waals surface area contributed by atoms with Crippen molar-refractivity contribution in [2.24, 2.45) is 0 Å². The first-order valence-corrected chi connectivity index (χ1v) is 5.26. The molecule has 0 atom stereocenters. The summed E-state index contributed by atoms with van der Waals surface area (Å²) >= 11 is 0. The topological polar surface area (TPSA) is 38.3 Å². The Hall–Kier alpha value is -1.49. The normalized spacial score (nSPS) is 10.4. The summed E-state index contributed by atoms with van der Waals surface area (Å²) in [5, 5.41) is 2.84. The fourth-order valence-electron chi connectivity index (χ4n) is 1.41. The molecular weight excluding hydrogens is 228 g/mol. The highest BCUT2D eigenvalue weighted by atomic mass is 19.1. The minimum atomic E-state index is -0.588. The van der Waals surface area contributed by atoms with Gasteiger partial charge in [0, 0.05) is 6.07 Å². The zero-order chi connectivity index (χ0) is 12.8. The predicted molar refractivity (Wildman–Crippen MR) is 60.2 cm³/mol. The van der Waals surface area contributed by atoms with Crippen molar-refractivity contribution >= 4 is 5.78 Å². The summed E-state index contributed by atoms with van der Waals surface area (Å²) in [6.45, 7) is 2.11. The van der Waals surface area contributed by atoms with Crippen LogP contribution in [0.3, 0.4) is 0 Å². The van der Waals surface area contributed by atoms with Crippen LogP contribution in [-0.4, -0.2) is 26.0 Å². The molecule has 1 N–H and O–H groups in total. The first kappa shape index (κ1) is 13.6. The van der Waals surface area contributed by atoms with E-state index < -0.39 is 11.6 Å². The molecular formula is C12H15F2NO2. The van der Waals surface area contributed by atoms with Crippen LogP contribution < -0.4 is 10.1 Å². The van der Waals surface area contributed by atoms with Crippen LogP contribution in [0.4, 0.5) is 8.78 Å². The molecule has 0 aliphatic heterocycles. The van der Waals surface area contributed by atoms with Gasteiger partial charge in [-0.3, -0.25) is 4.79 Å². The lowest BCUT2D eigenvalue weighted by Gasteiger charge is -2.07. The van der Waals surface area contributed by atoms with Gasteiger partial charge in [-0.2, -0.15) is 0 Å². The van der Waals surface area contributed by atoms with Crippen molar-refractivity contribution in [3.63, 3.8) is 0 Å². The van der Waals surface area contributed by atoms with Gasteiger partial charge >= 0.3 is 0 Å². The summed E-state index contributed by atoms with van der Waals surface area (Å²) in [6, 6.07) is 2.14. The van der Waals surface area contributed by atoms with E-state index in [0.717, 1.165) is 12.1 Å². The maximum Gasteiger partial charge on any atom is 0.165 e. The van der Waals surface area contributed by atoms with Crippen molar-refractivity contribution in [3.8, 4) is 5.75 Å². The predicted octanol–water partition coefficient (Wildman–Crippen LogP) is 1.69. The minimum absolute atomic E-state index is 0.00591. The smallest absolute Gasteiger partial charge is 0.165 e. The lowest BCUT2D eigenvalue weighted by Crippen LogP contribution is -2.23. The largest absolute Gasteiger partial charge is 0.494 e. The van der Waals surface area contributed by atoms with E-state index in [-0.39, 0.29) is 23.6 Å². The molecule has 0 heterocycles. The average Bonchev–Trinajstić information content (AvgIpc) is 2.28. The number of benzene rings is 1. The molecule has 0 amide bonds. The van der Waals surface area contributed by atoms with Gasteiger partial charge in [-0.05, 0) is 31.5 Å². The van der Waals surface area contributed by atoms with E-state index >= 15 is 0 Å².